The van der Waals surface area contributed by atoms with Gasteiger partial charge in [-0.2, -0.15) is 0 Å². The lowest BCUT2D eigenvalue weighted by atomic mass is 10.2. The van der Waals surface area contributed by atoms with Crippen molar-refractivity contribution in [1.82, 2.24) is 0 Å². The number of benzene rings is 3. The van der Waals surface area contributed by atoms with Gasteiger partial charge in [-0.1, -0.05) is 30.3 Å². The van der Waals surface area contributed by atoms with Crippen LogP contribution >= 0.6 is 12.2 Å². The summed E-state index contributed by atoms with van der Waals surface area (Å²) in [6.45, 7) is 2.48. The van der Waals surface area contributed by atoms with Gasteiger partial charge in [0.2, 0.25) is 0 Å². The van der Waals surface area contributed by atoms with Crippen LogP contribution in [-0.4, -0.2) is 20.1 Å². The van der Waals surface area contributed by atoms with Crippen LogP contribution in [0.2, 0.25) is 0 Å². The predicted molar refractivity (Wildman–Crippen MR) is 122 cm³/mol. The summed E-state index contributed by atoms with van der Waals surface area (Å²) in [5, 5.41) is 6.66. The second-order valence-electron chi connectivity index (χ2n) is 6.93. The molecule has 3 aromatic rings. The minimum Gasteiger partial charge on any atom is -0.332 e. The molecule has 1 heterocycles. The highest BCUT2D eigenvalue weighted by atomic mass is 32.2. The third-order valence-electron chi connectivity index (χ3n) is 4.82. The van der Waals surface area contributed by atoms with Gasteiger partial charge in [-0.3, -0.25) is 4.31 Å². The molecule has 2 N–H and O–H groups in total. The second kappa shape index (κ2) is 7.85. The Morgan fingerprint density at radius 2 is 1.66 bits per heavy atom. The number of sulfonamides is 1. The normalized spacial score (nSPS) is 13.1. The number of rotatable bonds is 4. The number of anilines is 3. The molecule has 1 aliphatic heterocycles. The van der Waals surface area contributed by atoms with Crippen molar-refractivity contribution in [3.8, 4) is 0 Å². The largest absolute Gasteiger partial charge is 0.332 e. The first-order valence-electron chi connectivity index (χ1n) is 9.29. The highest BCUT2D eigenvalue weighted by Gasteiger charge is 2.30. The zero-order valence-electron chi connectivity index (χ0n) is 15.9. The molecule has 0 amide bonds. The van der Waals surface area contributed by atoms with Gasteiger partial charge in [0, 0.05) is 17.9 Å². The van der Waals surface area contributed by atoms with Crippen LogP contribution in [0.4, 0.5) is 17.1 Å². The molecular weight excluding hydrogens is 402 g/mol. The molecule has 5 nitrogen and oxygen atoms in total. The molecule has 0 atom stereocenters. The maximum Gasteiger partial charge on any atom is 0.264 e. The van der Waals surface area contributed by atoms with Crippen LogP contribution in [0.15, 0.2) is 77.7 Å². The van der Waals surface area contributed by atoms with E-state index in [4.69, 9.17) is 12.2 Å². The number of nitrogens with zero attached hydrogens (tertiary/aromatic N) is 1. The smallest absolute Gasteiger partial charge is 0.264 e. The summed E-state index contributed by atoms with van der Waals surface area (Å²) in [4.78, 5) is 0.261. The zero-order valence-corrected chi connectivity index (χ0v) is 17.6. The molecule has 0 saturated carbocycles. The number of nitrogens with one attached hydrogen (secondary N) is 2. The summed E-state index contributed by atoms with van der Waals surface area (Å²) in [5.74, 6) is 0. The van der Waals surface area contributed by atoms with Crippen LogP contribution in [0.5, 0.6) is 0 Å². The molecular formula is C22H21N3O2S2. The van der Waals surface area contributed by atoms with Crippen molar-refractivity contribution in [3.63, 3.8) is 0 Å². The fraction of sp³-hybridized carbons (Fsp3) is 0.136. The van der Waals surface area contributed by atoms with E-state index in [-0.39, 0.29) is 4.90 Å². The highest BCUT2D eigenvalue weighted by molar-refractivity contribution is 7.92. The van der Waals surface area contributed by atoms with Crippen molar-refractivity contribution in [2.24, 2.45) is 0 Å². The van der Waals surface area contributed by atoms with Crippen molar-refractivity contribution in [3.05, 3.63) is 83.9 Å². The molecule has 0 aromatic heterocycles. The molecule has 1 aliphatic rings. The first kappa shape index (κ1) is 19.4. The fourth-order valence-electron chi connectivity index (χ4n) is 3.41. The quantitative estimate of drug-likeness (QED) is 0.603. The van der Waals surface area contributed by atoms with Crippen molar-refractivity contribution in [2.75, 3.05) is 21.5 Å². The van der Waals surface area contributed by atoms with E-state index in [2.05, 4.69) is 10.6 Å². The molecule has 0 aliphatic carbocycles. The Kier molecular flexibility index (Phi) is 5.25. The van der Waals surface area contributed by atoms with E-state index in [0.29, 0.717) is 11.7 Å². The number of para-hydroxylation sites is 1. The lowest BCUT2D eigenvalue weighted by molar-refractivity contribution is 0.592. The first-order valence-corrected chi connectivity index (χ1v) is 11.1. The Morgan fingerprint density at radius 1 is 0.931 bits per heavy atom. The molecule has 0 spiro atoms. The summed E-state index contributed by atoms with van der Waals surface area (Å²) < 4.78 is 27.6. The number of fused-ring (bicyclic) bond motifs is 1. The van der Waals surface area contributed by atoms with E-state index in [0.717, 1.165) is 34.6 Å². The minimum absolute atomic E-state index is 0.261. The average molecular weight is 424 g/mol. The molecule has 4 rings (SSSR count). The van der Waals surface area contributed by atoms with Gasteiger partial charge in [-0.15, -0.1) is 0 Å². The fourth-order valence-corrected chi connectivity index (χ4v) is 5.15. The molecule has 148 valence electrons. The van der Waals surface area contributed by atoms with Gasteiger partial charge in [0.25, 0.3) is 10.0 Å². The third-order valence-corrected chi connectivity index (χ3v) is 6.85. The monoisotopic (exact) mass is 423 g/mol. The Balaban J connectivity index is 1.47. The summed E-state index contributed by atoms with van der Waals surface area (Å²) in [7, 11) is -3.59. The second-order valence-corrected chi connectivity index (χ2v) is 9.20. The minimum atomic E-state index is -3.59. The lowest BCUT2D eigenvalue weighted by Gasteiger charge is -2.20. The van der Waals surface area contributed by atoms with Gasteiger partial charge in [0.1, 0.15) is 0 Å². The average Bonchev–Trinajstić information content (AvgIpc) is 3.13. The standard InChI is InChI=1S/C22H21N3O2S2/c1-16-5-4-7-19(15-16)24-22(28)23-18-9-11-20(12-10-18)29(26,27)25-14-13-17-6-2-3-8-21(17)25/h2-12,15H,13-14H2,1H3,(H2,23,24,28). The molecule has 0 unspecified atom stereocenters. The van der Waals surface area contributed by atoms with Crippen LogP contribution < -0.4 is 14.9 Å². The van der Waals surface area contributed by atoms with Crippen LogP contribution in [0.1, 0.15) is 11.1 Å². The Labute approximate surface area is 176 Å². The van der Waals surface area contributed by atoms with E-state index < -0.39 is 10.0 Å². The van der Waals surface area contributed by atoms with Crippen molar-refractivity contribution >= 4 is 44.4 Å². The summed E-state index contributed by atoms with van der Waals surface area (Å²) in [6, 6.07) is 22.2. The first-order chi connectivity index (χ1) is 13.9. The van der Waals surface area contributed by atoms with Gasteiger partial charge >= 0.3 is 0 Å². The summed E-state index contributed by atoms with van der Waals surface area (Å²) >= 11 is 5.35. The van der Waals surface area contributed by atoms with Crippen molar-refractivity contribution in [1.29, 1.82) is 0 Å². The van der Waals surface area contributed by atoms with Crippen LogP contribution in [0.25, 0.3) is 0 Å². The van der Waals surface area contributed by atoms with Gasteiger partial charge in [-0.25, -0.2) is 8.42 Å². The van der Waals surface area contributed by atoms with E-state index in [9.17, 15) is 8.42 Å². The van der Waals surface area contributed by atoms with Crippen LogP contribution in [-0.2, 0) is 16.4 Å². The van der Waals surface area contributed by atoms with Crippen molar-refractivity contribution < 1.29 is 8.42 Å². The molecule has 0 fully saturated rings. The summed E-state index contributed by atoms with van der Waals surface area (Å²) in [5.41, 5.74) is 4.57. The third kappa shape index (κ3) is 4.11. The lowest BCUT2D eigenvalue weighted by Crippen LogP contribution is -2.29. The maximum atomic E-state index is 13.1. The van der Waals surface area contributed by atoms with E-state index >= 15 is 0 Å². The summed E-state index contributed by atoms with van der Waals surface area (Å²) in [6.07, 6.45) is 0.730. The maximum absolute atomic E-state index is 13.1. The van der Waals surface area contributed by atoms with Crippen LogP contribution in [0, 0.1) is 6.92 Å². The number of aryl methyl sites for hydroxylation is 1. The molecule has 0 radical (unpaired) electrons. The molecule has 29 heavy (non-hydrogen) atoms. The van der Waals surface area contributed by atoms with Gasteiger partial charge < -0.3 is 10.6 Å². The number of hydrogen-bond acceptors (Lipinski definition) is 3. The Hall–Kier alpha value is -2.90. The van der Waals surface area contributed by atoms with Gasteiger partial charge in [-0.05, 0) is 79.2 Å². The topological polar surface area (TPSA) is 61.4 Å². The van der Waals surface area contributed by atoms with Crippen molar-refractivity contribution in [2.45, 2.75) is 18.2 Å². The molecule has 0 bridgehead atoms. The van der Waals surface area contributed by atoms with Gasteiger partial charge in [0.05, 0.1) is 10.6 Å². The Bertz CT molecular complexity index is 1160. The number of thiocarbonyl (C=S) groups is 1. The molecule has 0 saturated heterocycles. The SMILES string of the molecule is Cc1cccc(NC(=S)Nc2ccc(S(=O)(=O)N3CCc4ccccc43)cc2)c1. The Morgan fingerprint density at radius 3 is 2.41 bits per heavy atom. The molecule has 3 aromatic carbocycles. The van der Waals surface area contributed by atoms with Gasteiger partial charge in [0.15, 0.2) is 5.11 Å². The highest BCUT2D eigenvalue weighted by Crippen LogP contribution is 2.32. The van der Waals surface area contributed by atoms with E-state index in [1.807, 2.05) is 55.5 Å². The zero-order chi connectivity index (χ0) is 20.4. The van der Waals surface area contributed by atoms with E-state index in [1.54, 1.807) is 24.3 Å². The van der Waals surface area contributed by atoms with E-state index in [1.165, 1.54) is 4.31 Å². The predicted octanol–water partition coefficient (Wildman–Crippen LogP) is 4.56. The number of hydrogen-bond donors (Lipinski definition) is 2. The molecule has 7 heteroatoms. The van der Waals surface area contributed by atoms with Crippen LogP contribution in [0.3, 0.4) is 0 Å².